The number of hydrogen-bond donors (Lipinski definition) is 0. The number of rotatable bonds is 3. The van der Waals surface area contributed by atoms with Crippen LogP contribution in [0.5, 0.6) is 0 Å². The molecule has 0 aliphatic rings. The fourth-order valence-electron chi connectivity index (χ4n) is 0.813. The summed E-state index contributed by atoms with van der Waals surface area (Å²) in [5, 5.41) is 0. The Morgan fingerprint density at radius 3 is 1.91 bits per heavy atom. The minimum absolute atomic E-state index is 0.0913. The summed E-state index contributed by atoms with van der Waals surface area (Å²) in [7, 11) is 0. The third-order valence-corrected chi connectivity index (χ3v) is 1.47. The Bertz CT molecular complexity index is 124. The number of carbonyl (C=O) groups excluding carboxylic acids is 1. The van der Waals surface area contributed by atoms with Crippen LogP contribution in [0.3, 0.4) is 0 Å². The van der Waals surface area contributed by atoms with Crippen LogP contribution in [0, 0.1) is 5.92 Å². The van der Waals surface area contributed by atoms with Crippen molar-refractivity contribution in [2.24, 2.45) is 5.92 Å². The smallest absolute Gasteiger partial charge is 0.312 e. The molecule has 0 heterocycles. The summed E-state index contributed by atoms with van der Waals surface area (Å²) in [6.45, 7) is 11.0. The van der Waals surface area contributed by atoms with Crippen LogP contribution in [-0.4, -0.2) is 23.4 Å². The maximum Gasteiger partial charge on any atom is 0.312 e. The molecule has 1 amide bonds. The molecule has 0 unspecified atom stereocenters. The summed E-state index contributed by atoms with van der Waals surface area (Å²) in [4.78, 5) is 12.2. The molecule has 0 fully saturated rings. The quantitative estimate of drug-likeness (QED) is 0.571. The lowest BCUT2D eigenvalue weighted by Gasteiger charge is -2.32. The number of nitrogens with zero attached hydrogens (tertiary/aromatic N) is 1. The standard InChI is InChI=1S/C9H18NO/c1-8(2)6-10(7-11)9(3,4)5/h8H,6H2,1-5H3. The molecule has 2 nitrogen and oxygen atoms in total. The van der Waals surface area contributed by atoms with E-state index in [0.29, 0.717) is 5.92 Å². The van der Waals surface area contributed by atoms with Crippen molar-refractivity contribution in [2.45, 2.75) is 40.2 Å². The van der Waals surface area contributed by atoms with Gasteiger partial charge in [-0.05, 0) is 26.7 Å². The number of amides is 1. The van der Waals surface area contributed by atoms with Crippen molar-refractivity contribution in [3.63, 3.8) is 0 Å². The molecule has 65 valence electrons. The molecule has 0 aromatic heterocycles. The predicted molar refractivity (Wildman–Crippen MR) is 47.0 cm³/mol. The van der Waals surface area contributed by atoms with Gasteiger partial charge in [-0.25, -0.2) is 0 Å². The first-order valence-corrected chi connectivity index (χ1v) is 4.03. The third kappa shape index (κ3) is 4.02. The molecule has 0 aliphatic heterocycles. The molecule has 2 heteroatoms. The van der Waals surface area contributed by atoms with E-state index in [1.807, 2.05) is 27.2 Å². The first-order valence-electron chi connectivity index (χ1n) is 4.03. The van der Waals surface area contributed by atoms with Gasteiger partial charge in [0.25, 0.3) is 0 Å². The number of hydrogen-bond acceptors (Lipinski definition) is 1. The van der Waals surface area contributed by atoms with Crippen molar-refractivity contribution in [1.29, 1.82) is 0 Å². The van der Waals surface area contributed by atoms with E-state index in [1.54, 1.807) is 4.90 Å². The monoisotopic (exact) mass is 156 g/mol. The van der Waals surface area contributed by atoms with Crippen LogP contribution in [0.15, 0.2) is 0 Å². The van der Waals surface area contributed by atoms with Crippen molar-refractivity contribution in [3.05, 3.63) is 0 Å². The molecule has 0 bridgehead atoms. The molecule has 0 saturated carbocycles. The van der Waals surface area contributed by atoms with E-state index in [9.17, 15) is 4.79 Å². The molecule has 0 saturated heterocycles. The topological polar surface area (TPSA) is 20.3 Å². The lowest BCUT2D eigenvalue weighted by Crippen LogP contribution is -2.42. The SMILES string of the molecule is CC(C)CN([C]=O)C(C)(C)C. The Kier molecular flexibility index (Phi) is 3.56. The average Bonchev–Trinajstić information content (AvgIpc) is 1.79. The zero-order chi connectivity index (χ0) is 9.07. The fourth-order valence-corrected chi connectivity index (χ4v) is 0.813. The van der Waals surface area contributed by atoms with Gasteiger partial charge in [0.1, 0.15) is 0 Å². The van der Waals surface area contributed by atoms with Crippen LogP contribution in [0.1, 0.15) is 34.6 Å². The van der Waals surface area contributed by atoms with Crippen molar-refractivity contribution < 1.29 is 4.79 Å². The molecule has 0 aromatic rings. The second kappa shape index (κ2) is 3.74. The summed E-state index contributed by atoms with van der Waals surface area (Å²) >= 11 is 0. The molecule has 1 radical (unpaired) electrons. The Morgan fingerprint density at radius 2 is 1.82 bits per heavy atom. The summed E-state index contributed by atoms with van der Waals surface area (Å²) in [6, 6.07) is 0. The van der Waals surface area contributed by atoms with Crippen molar-refractivity contribution in [3.8, 4) is 0 Å². The van der Waals surface area contributed by atoms with Gasteiger partial charge in [0, 0.05) is 12.1 Å². The largest absolute Gasteiger partial charge is 0.329 e. The maximum absolute atomic E-state index is 10.5. The first kappa shape index (κ1) is 10.5. The van der Waals surface area contributed by atoms with E-state index in [0.717, 1.165) is 6.54 Å². The lowest BCUT2D eigenvalue weighted by atomic mass is 10.1. The zero-order valence-corrected chi connectivity index (χ0v) is 8.14. The van der Waals surface area contributed by atoms with Crippen LogP contribution in [0.25, 0.3) is 0 Å². The van der Waals surface area contributed by atoms with Crippen LogP contribution in [0.4, 0.5) is 0 Å². The molecule has 0 N–H and O–H groups in total. The Labute approximate surface area is 69.6 Å². The van der Waals surface area contributed by atoms with Crippen molar-refractivity contribution in [1.82, 2.24) is 4.90 Å². The molecule has 0 aromatic carbocycles. The van der Waals surface area contributed by atoms with E-state index < -0.39 is 0 Å². The molecule has 0 aliphatic carbocycles. The van der Waals surface area contributed by atoms with Gasteiger partial charge in [-0.3, -0.25) is 4.79 Å². The maximum atomic E-state index is 10.5. The minimum Gasteiger partial charge on any atom is -0.329 e. The highest BCUT2D eigenvalue weighted by Gasteiger charge is 2.20. The van der Waals surface area contributed by atoms with Gasteiger partial charge in [-0.2, -0.15) is 0 Å². The predicted octanol–water partition coefficient (Wildman–Crippen LogP) is 1.81. The highest BCUT2D eigenvalue weighted by atomic mass is 16.1. The van der Waals surface area contributed by atoms with Crippen LogP contribution in [0.2, 0.25) is 0 Å². The second-order valence-corrected chi connectivity index (χ2v) is 4.27. The molecular weight excluding hydrogens is 138 g/mol. The lowest BCUT2D eigenvalue weighted by molar-refractivity contribution is 0.205. The molecule has 11 heavy (non-hydrogen) atoms. The summed E-state index contributed by atoms with van der Waals surface area (Å²) in [5.74, 6) is 0.510. The summed E-state index contributed by atoms with van der Waals surface area (Å²) < 4.78 is 0. The van der Waals surface area contributed by atoms with Gasteiger partial charge < -0.3 is 4.90 Å². The first-order chi connectivity index (χ1) is 4.88. The fraction of sp³-hybridized carbons (Fsp3) is 0.889. The van der Waals surface area contributed by atoms with Gasteiger partial charge in [-0.15, -0.1) is 0 Å². The Hall–Kier alpha value is -0.530. The van der Waals surface area contributed by atoms with E-state index in [-0.39, 0.29) is 5.54 Å². The van der Waals surface area contributed by atoms with Gasteiger partial charge in [0.05, 0.1) is 0 Å². The van der Waals surface area contributed by atoms with Crippen molar-refractivity contribution in [2.75, 3.05) is 6.54 Å². The molecule has 0 atom stereocenters. The van der Waals surface area contributed by atoms with E-state index in [1.165, 1.54) is 0 Å². The average molecular weight is 156 g/mol. The highest BCUT2D eigenvalue weighted by Crippen LogP contribution is 2.12. The highest BCUT2D eigenvalue weighted by molar-refractivity contribution is 5.49. The summed E-state index contributed by atoms with van der Waals surface area (Å²) in [5.41, 5.74) is -0.0913. The van der Waals surface area contributed by atoms with E-state index >= 15 is 0 Å². The van der Waals surface area contributed by atoms with Gasteiger partial charge in [0.15, 0.2) is 0 Å². The third-order valence-electron chi connectivity index (χ3n) is 1.47. The molecule has 0 spiro atoms. The van der Waals surface area contributed by atoms with Gasteiger partial charge >= 0.3 is 6.41 Å². The van der Waals surface area contributed by atoms with Gasteiger partial charge in [0.2, 0.25) is 0 Å². The minimum atomic E-state index is -0.0913. The zero-order valence-electron chi connectivity index (χ0n) is 8.14. The summed E-state index contributed by atoms with van der Waals surface area (Å²) in [6.07, 6.45) is 1.96. The Morgan fingerprint density at radius 1 is 1.36 bits per heavy atom. The molecule has 0 rings (SSSR count). The van der Waals surface area contributed by atoms with Crippen LogP contribution in [-0.2, 0) is 4.79 Å². The normalized spacial score (nSPS) is 11.8. The van der Waals surface area contributed by atoms with Crippen LogP contribution < -0.4 is 0 Å². The Balaban J connectivity index is 4.07. The van der Waals surface area contributed by atoms with E-state index in [2.05, 4.69) is 13.8 Å². The second-order valence-electron chi connectivity index (χ2n) is 4.27. The molecular formula is C9H18NO. The van der Waals surface area contributed by atoms with Gasteiger partial charge in [-0.1, -0.05) is 13.8 Å². The van der Waals surface area contributed by atoms with Crippen LogP contribution >= 0.6 is 0 Å². The van der Waals surface area contributed by atoms with Crippen molar-refractivity contribution >= 4 is 6.41 Å². The van der Waals surface area contributed by atoms with E-state index in [4.69, 9.17) is 0 Å².